The summed E-state index contributed by atoms with van der Waals surface area (Å²) in [5.74, 6) is -1.27. The first-order chi connectivity index (χ1) is 4.20. The van der Waals surface area contributed by atoms with Crippen LogP contribution in [-0.2, 0) is 9.59 Å². The topological polar surface area (TPSA) is 61.4 Å². The normalized spacial score (nSPS) is 18.9. The van der Waals surface area contributed by atoms with Crippen molar-refractivity contribution in [2.45, 2.75) is 0 Å². The number of hydrogen-bond donors (Lipinski definition) is 2. The van der Waals surface area contributed by atoms with Crippen LogP contribution < -0.4 is 40.3 Å². The Morgan fingerprint density at radius 2 is 2.00 bits per heavy atom. The van der Waals surface area contributed by atoms with E-state index in [0.29, 0.717) is 0 Å². The maximum absolute atomic E-state index is 10.4. The fraction of sp³-hybridized carbons (Fsp3) is 0.250. The van der Waals surface area contributed by atoms with Crippen LogP contribution in [0.5, 0.6) is 0 Å². The van der Waals surface area contributed by atoms with E-state index in [4.69, 9.17) is 0 Å². The van der Waals surface area contributed by atoms with Gasteiger partial charge in [-0.1, -0.05) is 0 Å². The van der Waals surface area contributed by atoms with Crippen molar-refractivity contribution in [3.63, 3.8) is 0 Å². The zero-order valence-corrected chi connectivity index (χ0v) is 7.84. The minimum atomic E-state index is -0.639. The maximum atomic E-state index is 10.4. The summed E-state index contributed by atoms with van der Waals surface area (Å²) in [5, 5.41) is 3.60. The molecule has 5 nitrogen and oxygen atoms in total. The molecule has 1 rings (SSSR count). The van der Waals surface area contributed by atoms with Crippen LogP contribution in [0.2, 0.25) is 0 Å². The first-order valence-corrected chi connectivity index (χ1v) is 2.38. The number of carbonyl (C=O) groups is 2. The molecule has 2 N–H and O–H groups in total. The van der Waals surface area contributed by atoms with E-state index in [9.17, 15) is 9.59 Å². The van der Waals surface area contributed by atoms with Crippen LogP contribution in [-0.4, -0.2) is 23.9 Å². The molecule has 0 aromatic rings. The molecule has 0 spiro atoms. The minimum absolute atomic E-state index is 0. The Labute approximate surface area is 80.4 Å². The van der Waals surface area contributed by atoms with Gasteiger partial charge in [-0.05, 0) is 7.05 Å². The Morgan fingerprint density at radius 3 is 2.40 bits per heavy atom. The predicted octanol–water partition coefficient (Wildman–Crippen LogP) is -4.80. The molecule has 0 bridgehead atoms. The Morgan fingerprint density at radius 1 is 1.40 bits per heavy atom. The zero-order valence-electron chi connectivity index (χ0n) is 5.84. The van der Waals surface area contributed by atoms with Crippen molar-refractivity contribution >= 4 is 11.8 Å². The van der Waals surface area contributed by atoms with E-state index in [-0.39, 0.29) is 29.6 Å². The molecule has 0 atom stereocenters. The molecule has 0 aromatic heterocycles. The maximum Gasteiger partial charge on any atom is 1.00 e. The van der Waals surface area contributed by atoms with Gasteiger partial charge in [-0.3, -0.25) is 9.59 Å². The van der Waals surface area contributed by atoms with Gasteiger partial charge in [0.2, 0.25) is 0 Å². The second-order valence-corrected chi connectivity index (χ2v) is 1.65. The first kappa shape index (κ1) is 9.90. The molecule has 10 heavy (non-hydrogen) atoms. The van der Waals surface area contributed by atoms with Crippen LogP contribution in [0.25, 0.3) is 0 Å². The number of carbonyl (C=O) groups excluding carboxylic acids is 2. The summed E-state index contributed by atoms with van der Waals surface area (Å²) in [4.78, 5) is 20.8. The fourth-order valence-corrected chi connectivity index (χ4v) is 0.464. The van der Waals surface area contributed by atoms with Crippen molar-refractivity contribution in [3.05, 3.63) is 6.67 Å². The third-order valence-corrected chi connectivity index (χ3v) is 0.873. The van der Waals surface area contributed by atoms with E-state index in [1.807, 2.05) is 0 Å². The third-order valence-electron chi connectivity index (χ3n) is 0.873. The summed E-state index contributed by atoms with van der Waals surface area (Å²) in [5.41, 5.74) is 2.26. The van der Waals surface area contributed by atoms with Crippen LogP contribution in [0.4, 0.5) is 0 Å². The fourth-order valence-electron chi connectivity index (χ4n) is 0.464. The Kier molecular flexibility index (Phi) is 3.88. The van der Waals surface area contributed by atoms with Crippen molar-refractivity contribution in [3.8, 4) is 0 Å². The molecule has 1 heterocycles. The summed E-state index contributed by atoms with van der Waals surface area (Å²) in [6.07, 6.45) is 0. The average Bonchev–Trinajstić information content (AvgIpc) is 1.80. The molecule has 50 valence electrons. The summed E-state index contributed by atoms with van der Waals surface area (Å²) >= 11 is 0. The quantitative estimate of drug-likeness (QED) is 0.207. The molecule has 1 aliphatic rings. The van der Waals surface area contributed by atoms with Crippen molar-refractivity contribution < 1.29 is 39.1 Å². The van der Waals surface area contributed by atoms with E-state index in [0.717, 1.165) is 0 Å². The van der Waals surface area contributed by atoms with Gasteiger partial charge in [0.25, 0.3) is 5.91 Å². The summed E-state index contributed by atoms with van der Waals surface area (Å²) < 4.78 is 0. The van der Waals surface area contributed by atoms with Crippen LogP contribution >= 0.6 is 0 Å². The zero-order chi connectivity index (χ0) is 6.85. The molecule has 1 saturated heterocycles. The number of nitrogens with zero attached hydrogens (tertiary/aromatic N) is 1. The van der Waals surface area contributed by atoms with Gasteiger partial charge in [-0.15, -0.1) is 0 Å². The van der Waals surface area contributed by atoms with Crippen molar-refractivity contribution in [1.29, 1.82) is 0 Å². The van der Waals surface area contributed by atoms with Crippen molar-refractivity contribution in [2.24, 2.45) is 0 Å². The molecule has 0 unspecified atom stereocenters. The van der Waals surface area contributed by atoms with Gasteiger partial charge in [-0.2, -0.15) is 6.67 Å². The smallest absolute Gasteiger partial charge is 0.482 e. The van der Waals surface area contributed by atoms with Crippen LogP contribution in [0.3, 0.4) is 0 Å². The molecular weight excluding hydrogens is 145 g/mol. The van der Waals surface area contributed by atoms with E-state index < -0.39 is 11.8 Å². The van der Waals surface area contributed by atoms with Gasteiger partial charge in [-0.25, -0.2) is 0 Å². The van der Waals surface area contributed by atoms with E-state index in [2.05, 4.69) is 10.7 Å². The molecule has 1 fully saturated rings. The summed E-state index contributed by atoms with van der Waals surface area (Å²) in [6, 6.07) is 0. The molecule has 0 saturated carbocycles. The van der Waals surface area contributed by atoms with Crippen LogP contribution in [0.1, 0.15) is 0 Å². The average molecular weight is 151 g/mol. The largest absolute Gasteiger partial charge is 1.00 e. The van der Waals surface area contributed by atoms with Crippen LogP contribution in [0.15, 0.2) is 0 Å². The third kappa shape index (κ3) is 2.26. The number of hydrazine groups is 1. The van der Waals surface area contributed by atoms with Crippen LogP contribution in [0, 0.1) is 6.67 Å². The molecular formula is C4H6N3NaO2. The Balaban J connectivity index is 0.000000810. The Hall–Kier alpha value is -0.100. The molecule has 0 aromatic carbocycles. The second kappa shape index (κ2) is 3.92. The second-order valence-electron chi connectivity index (χ2n) is 1.65. The monoisotopic (exact) mass is 151 g/mol. The number of amides is 2. The van der Waals surface area contributed by atoms with Gasteiger partial charge in [0, 0.05) is 0 Å². The summed E-state index contributed by atoms with van der Waals surface area (Å²) in [7, 11) is 1.61. The standard InChI is InChI=1S/C4H6N3O2.Na/c1-7-2-5-3(8)4(9)6-7;/h2H,1H3,(H,5,8)(H,6,9);/q-1;+1. The number of rotatable bonds is 0. The molecule has 2 amide bonds. The molecule has 0 aliphatic carbocycles. The molecule has 1 aliphatic heterocycles. The van der Waals surface area contributed by atoms with Gasteiger partial charge >= 0.3 is 35.5 Å². The SMILES string of the molecule is CN1[CH-]NC(=O)C(=O)N1.[Na+]. The van der Waals surface area contributed by atoms with Crippen molar-refractivity contribution in [1.82, 2.24) is 15.8 Å². The molecule has 6 heteroatoms. The minimum Gasteiger partial charge on any atom is -0.482 e. The van der Waals surface area contributed by atoms with Crippen molar-refractivity contribution in [2.75, 3.05) is 7.05 Å². The van der Waals surface area contributed by atoms with E-state index in [1.54, 1.807) is 7.05 Å². The van der Waals surface area contributed by atoms with E-state index in [1.165, 1.54) is 11.7 Å². The predicted molar refractivity (Wildman–Crippen MR) is 28.3 cm³/mol. The number of hydrogen-bond acceptors (Lipinski definition) is 3. The Bertz CT molecular complexity index is 161. The van der Waals surface area contributed by atoms with E-state index >= 15 is 0 Å². The summed E-state index contributed by atoms with van der Waals surface area (Å²) in [6.45, 7) is 1.36. The first-order valence-electron chi connectivity index (χ1n) is 2.38. The van der Waals surface area contributed by atoms with Gasteiger partial charge < -0.3 is 15.8 Å². The van der Waals surface area contributed by atoms with Gasteiger partial charge in [0.05, 0.1) is 0 Å². The van der Waals surface area contributed by atoms with Gasteiger partial charge in [0.1, 0.15) is 0 Å². The van der Waals surface area contributed by atoms with Gasteiger partial charge in [0.15, 0.2) is 0 Å². The molecule has 0 radical (unpaired) electrons. The number of nitrogens with one attached hydrogen (secondary N) is 2.